The van der Waals surface area contributed by atoms with Crippen molar-refractivity contribution in [3.8, 4) is 0 Å². The standard InChI is InChI=1S/C12H27OSi.Na/c1-10(2,3)14(13,11(4,5)6)12(7,8)9;/h1-9H3;/q-1;+1. The van der Waals surface area contributed by atoms with E-state index in [0.717, 1.165) is 0 Å². The van der Waals surface area contributed by atoms with Gasteiger partial charge in [-0.25, -0.2) is 0 Å². The quantitative estimate of drug-likeness (QED) is 0.570. The average molecular weight is 238 g/mol. The van der Waals surface area contributed by atoms with Crippen LogP contribution in [0.15, 0.2) is 0 Å². The molecule has 0 aromatic rings. The molecule has 0 aliphatic heterocycles. The molecule has 0 saturated carbocycles. The monoisotopic (exact) mass is 238 g/mol. The molecule has 0 amide bonds. The van der Waals surface area contributed by atoms with Crippen molar-refractivity contribution >= 4 is 8.32 Å². The SMILES string of the molecule is CC(C)(C)[Si]([O-])(C(C)(C)C)C(C)(C)C.[Na+]. The van der Waals surface area contributed by atoms with Crippen LogP contribution >= 0.6 is 0 Å². The Hall–Kier alpha value is 1.18. The summed E-state index contributed by atoms with van der Waals surface area (Å²) in [7, 11) is -2.60. The maximum atomic E-state index is 13.3. The van der Waals surface area contributed by atoms with Gasteiger partial charge in [0.2, 0.25) is 0 Å². The summed E-state index contributed by atoms with van der Waals surface area (Å²) in [6.07, 6.45) is 0. The summed E-state index contributed by atoms with van der Waals surface area (Å²) in [6.45, 7) is 19.0. The molecule has 0 bridgehead atoms. The van der Waals surface area contributed by atoms with Gasteiger partial charge in [-0.2, -0.15) is 0 Å². The van der Waals surface area contributed by atoms with Gasteiger partial charge in [-0.05, 0) is 8.32 Å². The van der Waals surface area contributed by atoms with Crippen molar-refractivity contribution in [3.05, 3.63) is 0 Å². The maximum absolute atomic E-state index is 13.3. The summed E-state index contributed by atoms with van der Waals surface area (Å²) in [6, 6.07) is 0. The molecule has 0 saturated heterocycles. The van der Waals surface area contributed by atoms with Gasteiger partial charge >= 0.3 is 29.6 Å². The van der Waals surface area contributed by atoms with Gasteiger partial charge in [-0.3, -0.25) is 0 Å². The van der Waals surface area contributed by atoms with Crippen molar-refractivity contribution in [1.29, 1.82) is 0 Å². The van der Waals surface area contributed by atoms with Gasteiger partial charge < -0.3 is 4.80 Å². The Morgan fingerprint density at radius 3 is 0.733 bits per heavy atom. The fourth-order valence-electron chi connectivity index (χ4n) is 3.38. The van der Waals surface area contributed by atoms with E-state index in [1.807, 2.05) is 0 Å². The largest absolute Gasteiger partial charge is 1.00 e. The van der Waals surface area contributed by atoms with Crippen LogP contribution in [0.25, 0.3) is 0 Å². The number of hydrogen-bond acceptors (Lipinski definition) is 1. The van der Waals surface area contributed by atoms with Crippen LogP contribution in [-0.2, 0) is 0 Å². The molecule has 0 fully saturated rings. The van der Waals surface area contributed by atoms with Crippen LogP contribution in [0.3, 0.4) is 0 Å². The topological polar surface area (TPSA) is 23.1 Å². The summed E-state index contributed by atoms with van der Waals surface area (Å²) in [5.74, 6) is 0. The molecule has 0 heterocycles. The zero-order valence-corrected chi connectivity index (χ0v) is 15.4. The van der Waals surface area contributed by atoms with E-state index in [2.05, 4.69) is 62.3 Å². The summed E-state index contributed by atoms with van der Waals surface area (Å²) < 4.78 is 0. The van der Waals surface area contributed by atoms with Crippen LogP contribution in [0.1, 0.15) is 62.3 Å². The van der Waals surface area contributed by atoms with Crippen molar-refractivity contribution in [2.24, 2.45) is 0 Å². The van der Waals surface area contributed by atoms with E-state index in [-0.39, 0.29) is 44.7 Å². The van der Waals surface area contributed by atoms with Gasteiger partial charge in [0.1, 0.15) is 0 Å². The third-order valence-electron chi connectivity index (χ3n) is 3.17. The molecule has 0 spiro atoms. The molecule has 0 radical (unpaired) electrons. The summed E-state index contributed by atoms with van der Waals surface area (Å²) in [5.41, 5.74) is 0. The molecule has 0 aromatic carbocycles. The second-order valence-corrected chi connectivity index (χ2v) is 13.3. The van der Waals surface area contributed by atoms with Crippen LogP contribution in [0, 0.1) is 0 Å². The predicted octanol–water partition coefficient (Wildman–Crippen LogP) is 0.697. The van der Waals surface area contributed by atoms with Gasteiger partial charge in [0.15, 0.2) is 0 Å². The Bertz CT molecular complexity index is 169. The van der Waals surface area contributed by atoms with Crippen LogP contribution in [-0.4, -0.2) is 8.32 Å². The Morgan fingerprint density at radius 2 is 0.733 bits per heavy atom. The van der Waals surface area contributed by atoms with Crippen molar-refractivity contribution in [2.45, 2.75) is 77.4 Å². The molecule has 0 aromatic heterocycles. The van der Waals surface area contributed by atoms with Crippen LogP contribution < -0.4 is 34.4 Å². The second-order valence-electron chi connectivity index (χ2n) is 7.43. The number of hydrogen-bond donors (Lipinski definition) is 0. The molecule has 1 nitrogen and oxygen atoms in total. The average Bonchev–Trinajstić information content (AvgIpc) is 1.77. The van der Waals surface area contributed by atoms with Gasteiger partial charge in [0.05, 0.1) is 0 Å². The fraction of sp³-hybridized carbons (Fsp3) is 1.00. The smallest absolute Gasteiger partial charge is 0.857 e. The van der Waals surface area contributed by atoms with E-state index >= 15 is 0 Å². The van der Waals surface area contributed by atoms with E-state index in [1.165, 1.54) is 0 Å². The molecular formula is C12H27NaOSi. The first-order chi connectivity index (χ1) is 5.75. The third-order valence-corrected chi connectivity index (χ3v) is 9.51. The molecular weight excluding hydrogens is 211 g/mol. The Kier molecular flexibility index (Phi) is 5.95. The Balaban J connectivity index is 0. The first-order valence-electron chi connectivity index (χ1n) is 5.45. The molecule has 0 atom stereocenters. The summed E-state index contributed by atoms with van der Waals surface area (Å²) >= 11 is 0. The maximum Gasteiger partial charge on any atom is 1.00 e. The molecule has 0 N–H and O–H groups in total. The molecule has 0 rings (SSSR count). The molecule has 3 heteroatoms. The predicted molar refractivity (Wildman–Crippen MR) is 64.9 cm³/mol. The molecule has 86 valence electrons. The van der Waals surface area contributed by atoms with Crippen LogP contribution in [0.2, 0.25) is 15.1 Å². The minimum absolute atomic E-state index is 0. The van der Waals surface area contributed by atoms with Crippen LogP contribution in [0.5, 0.6) is 0 Å². The molecule has 15 heavy (non-hydrogen) atoms. The number of rotatable bonds is 0. The second kappa shape index (κ2) is 4.81. The van der Waals surface area contributed by atoms with Gasteiger partial charge in [0, 0.05) is 0 Å². The molecule has 0 aliphatic rings. The first-order valence-corrected chi connectivity index (χ1v) is 7.36. The normalized spacial score (nSPS) is 14.8. The van der Waals surface area contributed by atoms with Gasteiger partial charge in [-0.15, -0.1) is 0 Å². The third kappa shape index (κ3) is 3.32. The van der Waals surface area contributed by atoms with E-state index in [9.17, 15) is 4.80 Å². The van der Waals surface area contributed by atoms with E-state index in [1.54, 1.807) is 0 Å². The minimum atomic E-state index is -2.60. The summed E-state index contributed by atoms with van der Waals surface area (Å²) in [4.78, 5) is 13.3. The zero-order valence-electron chi connectivity index (χ0n) is 12.4. The fourth-order valence-corrected chi connectivity index (χ4v) is 10.1. The molecule has 0 aliphatic carbocycles. The van der Waals surface area contributed by atoms with E-state index < -0.39 is 8.32 Å². The zero-order chi connectivity index (χ0) is 12.0. The van der Waals surface area contributed by atoms with Crippen molar-refractivity contribution in [1.82, 2.24) is 0 Å². The van der Waals surface area contributed by atoms with Gasteiger partial charge in [-0.1, -0.05) is 77.4 Å². The van der Waals surface area contributed by atoms with Crippen molar-refractivity contribution in [2.75, 3.05) is 0 Å². The Morgan fingerprint density at radius 1 is 0.600 bits per heavy atom. The first kappa shape index (κ1) is 18.5. The van der Waals surface area contributed by atoms with E-state index in [0.29, 0.717) is 0 Å². The van der Waals surface area contributed by atoms with Crippen molar-refractivity contribution in [3.63, 3.8) is 0 Å². The minimum Gasteiger partial charge on any atom is -0.857 e. The Labute approximate surface area is 119 Å². The van der Waals surface area contributed by atoms with Gasteiger partial charge in [0.25, 0.3) is 0 Å². The summed E-state index contributed by atoms with van der Waals surface area (Å²) in [5, 5.41) is -0.281. The molecule has 0 unspecified atom stereocenters. The van der Waals surface area contributed by atoms with E-state index in [4.69, 9.17) is 0 Å². The van der Waals surface area contributed by atoms with Crippen molar-refractivity contribution < 1.29 is 34.4 Å². The van der Waals surface area contributed by atoms with Crippen LogP contribution in [0.4, 0.5) is 0 Å².